The summed E-state index contributed by atoms with van der Waals surface area (Å²) in [5.74, 6) is 1.66. The standard InChI is InChI=1S/C22H35N3O2/c1-27-12-6-11-23-22(26)10-5-9-21-20-13-19(14-24-21)16-25(17-20)15-18-7-3-2-4-8-18/h2-4,7-8,19-21,24H,5-6,9-17H2,1H3,(H,23,26)/t19-,20+,21+/m0/s1. The van der Waals surface area contributed by atoms with Crippen molar-refractivity contribution >= 4 is 5.91 Å². The summed E-state index contributed by atoms with van der Waals surface area (Å²) in [6.07, 6.45) is 4.92. The summed E-state index contributed by atoms with van der Waals surface area (Å²) in [4.78, 5) is 14.6. The van der Waals surface area contributed by atoms with Crippen molar-refractivity contribution in [1.29, 1.82) is 0 Å². The number of ether oxygens (including phenoxy) is 1. The number of benzene rings is 1. The minimum absolute atomic E-state index is 0.175. The SMILES string of the molecule is COCCCNC(=O)CCC[C@H]1NC[C@@H]2C[C@@H]1CN(Cc1ccccc1)C2. The molecular formula is C22H35N3O2. The van der Waals surface area contributed by atoms with Gasteiger partial charge in [-0.05, 0) is 49.6 Å². The Bertz CT molecular complexity index is 566. The summed E-state index contributed by atoms with van der Waals surface area (Å²) in [7, 11) is 1.69. The number of nitrogens with zero attached hydrogens (tertiary/aromatic N) is 1. The van der Waals surface area contributed by atoms with Gasteiger partial charge in [0.25, 0.3) is 0 Å². The van der Waals surface area contributed by atoms with Crippen molar-refractivity contribution in [3.63, 3.8) is 0 Å². The third-order valence-electron chi connectivity index (χ3n) is 5.90. The van der Waals surface area contributed by atoms with Gasteiger partial charge in [0.15, 0.2) is 0 Å². The Kier molecular flexibility index (Phi) is 8.11. The lowest BCUT2D eigenvalue weighted by Crippen LogP contribution is -2.55. The van der Waals surface area contributed by atoms with E-state index in [1.165, 1.54) is 25.1 Å². The van der Waals surface area contributed by atoms with E-state index >= 15 is 0 Å². The van der Waals surface area contributed by atoms with Gasteiger partial charge in [-0.3, -0.25) is 9.69 Å². The van der Waals surface area contributed by atoms with Crippen molar-refractivity contribution in [1.82, 2.24) is 15.5 Å². The van der Waals surface area contributed by atoms with Gasteiger partial charge in [0.1, 0.15) is 0 Å². The number of nitrogens with one attached hydrogen (secondary N) is 2. The van der Waals surface area contributed by atoms with Gasteiger partial charge in [-0.25, -0.2) is 0 Å². The first kappa shape index (κ1) is 20.3. The van der Waals surface area contributed by atoms with Crippen molar-refractivity contribution < 1.29 is 9.53 Å². The first-order valence-electron chi connectivity index (χ1n) is 10.5. The number of carbonyl (C=O) groups excluding carboxylic acids is 1. The van der Waals surface area contributed by atoms with Crippen LogP contribution in [0.4, 0.5) is 0 Å². The van der Waals surface area contributed by atoms with E-state index < -0.39 is 0 Å². The molecule has 150 valence electrons. The van der Waals surface area contributed by atoms with E-state index in [0.717, 1.165) is 38.3 Å². The molecule has 0 aromatic heterocycles. The van der Waals surface area contributed by atoms with Gasteiger partial charge in [0, 0.05) is 52.4 Å². The number of hydrogen-bond acceptors (Lipinski definition) is 4. The molecule has 5 heteroatoms. The second-order valence-electron chi connectivity index (χ2n) is 8.14. The molecule has 2 bridgehead atoms. The minimum atomic E-state index is 0.175. The van der Waals surface area contributed by atoms with Crippen LogP contribution in [0.25, 0.3) is 0 Å². The summed E-state index contributed by atoms with van der Waals surface area (Å²) in [5.41, 5.74) is 1.41. The first-order chi connectivity index (χ1) is 13.2. The van der Waals surface area contributed by atoms with Gasteiger partial charge in [-0.1, -0.05) is 30.3 Å². The fourth-order valence-corrected chi connectivity index (χ4v) is 4.60. The molecule has 2 aliphatic rings. The number of carbonyl (C=O) groups is 1. The lowest BCUT2D eigenvalue weighted by atomic mass is 9.79. The maximum atomic E-state index is 11.9. The van der Waals surface area contributed by atoms with Crippen molar-refractivity contribution in [2.45, 2.75) is 44.7 Å². The monoisotopic (exact) mass is 373 g/mol. The Hall–Kier alpha value is -1.43. The predicted octanol–water partition coefficient (Wildman–Crippen LogP) is 2.42. The molecule has 27 heavy (non-hydrogen) atoms. The topological polar surface area (TPSA) is 53.6 Å². The van der Waals surface area contributed by atoms with E-state index in [9.17, 15) is 4.79 Å². The van der Waals surface area contributed by atoms with Crippen LogP contribution < -0.4 is 10.6 Å². The third kappa shape index (κ3) is 6.59. The molecule has 0 unspecified atom stereocenters. The summed E-state index contributed by atoms with van der Waals surface area (Å²) in [6, 6.07) is 11.4. The molecule has 0 aliphatic carbocycles. The molecule has 1 aromatic carbocycles. The zero-order chi connectivity index (χ0) is 18.9. The lowest BCUT2D eigenvalue weighted by molar-refractivity contribution is -0.121. The highest BCUT2D eigenvalue weighted by atomic mass is 16.5. The van der Waals surface area contributed by atoms with Crippen LogP contribution in [0.2, 0.25) is 0 Å². The van der Waals surface area contributed by atoms with E-state index in [4.69, 9.17) is 4.74 Å². The Morgan fingerprint density at radius 3 is 2.93 bits per heavy atom. The molecule has 5 nitrogen and oxygen atoms in total. The number of fused-ring (bicyclic) bond motifs is 2. The minimum Gasteiger partial charge on any atom is -0.385 e. The number of likely N-dealkylation sites (tertiary alicyclic amines) is 1. The lowest BCUT2D eigenvalue weighted by Gasteiger charge is -2.46. The van der Waals surface area contributed by atoms with Gasteiger partial charge < -0.3 is 15.4 Å². The van der Waals surface area contributed by atoms with Crippen LogP contribution in [0.15, 0.2) is 30.3 Å². The fourth-order valence-electron chi connectivity index (χ4n) is 4.60. The number of methoxy groups -OCH3 is 1. The smallest absolute Gasteiger partial charge is 0.219 e. The molecule has 3 atom stereocenters. The summed E-state index contributed by atoms with van der Waals surface area (Å²) >= 11 is 0. The van der Waals surface area contributed by atoms with Crippen LogP contribution in [0.3, 0.4) is 0 Å². The quantitative estimate of drug-likeness (QED) is 0.619. The maximum absolute atomic E-state index is 11.9. The average Bonchev–Trinajstić information content (AvgIpc) is 2.68. The van der Waals surface area contributed by atoms with Gasteiger partial charge >= 0.3 is 0 Å². The Morgan fingerprint density at radius 2 is 2.11 bits per heavy atom. The molecule has 2 saturated heterocycles. The normalized spacial score (nSPS) is 25.3. The van der Waals surface area contributed by atoms with E-state index in [1.54, 1.807) is 7.11 Å². The zero-order valence-corrected chi connectivity index (χ0v) is 16.7. The van der Waals surface area contributed by atoms with Crippen LogP contribution in [0, 0.1) is 11.8 Å². The molecule has 0 spiro atoms. The number of rotatable bonds is 10. The second-order valence-corrected chi connectivity index (χ2v) is 8.14. The molecule has 0 radical (unpaired) electrons. The van der Waals surface area contributed by atoms with Crippen LogP contribution >= 0.6 is 0 Å². The highest BCUT2D eigenvalue weighted by Crippen LogP contribution is 2.31. The van der Waals surface area contributed by atoms with Crippen molar-refractivity contribution in [2.75, 3.05) is 39.9 Å². The molecule has 2 fully saturated rings. The Morgan fingerprint density at radius 1 is 1.26 bits per heavy atom. The molecular weight excluding hydrogens is 338 g/mol. The van der Waals surface area contributed by atoms with Gasteiger partial charge in [0.2, 0.25) is 5.91 Å². The third-order valence-corrected chi connectivity index (χ3v) is 5.90. The molecule has 2 heterocycles. The molecule has 0 saturated carbocycles. The van der Waals surface area contributed by atoms with Gasteiger partial charge in [0.05, 0.1) is 0 Å². The highest BCUT2D eigenvalue weighted by molar-refractivity contribution is 5.75. The average molecular weight is 374 g/mol. The number of hydrogen-bond donors (Lipinski definition) is 2. The largest absolute Gasteiger partial charge is 0.385 e. The first-order valence-corrected chi connectivity index (χ1v) is 10.5. The summed E-state index contributed by atoms with van der Waals surface area (Å²) < 4.78 is 5.00. The predicted molar refractivity (Wildman–Crippen MR) is 108 cm³/mol. The highest BCUT2D eigenvalue weighted by Gasteiger charge is 2.35. The fraction of sp³-hybridized carbons (Fsp3) is 0.682. The second kappa shape index (κ2) is 10.8. The van der Waals surface area contributed by atoms with Gasteiger partial charge in [-0.2, -0.15) is 0 Å². The van der Waals surface area contributed by atoms with Crippen LogP contribution in [-0.2, 0) is 16.1 Å². The summed E-state index contributed by atoms with van der Waals surface area (Å²) in [6.45, 7) is 5.98. The van der Waals surface area contributed by atoms with E-state index in [2.05, 4.69) is 45.9 Å². The molecule has 1 aromatic rings. The van der Waals surface area contributed by atoms with Gasteiger partial charge in [-0.15, -0.1) is 0 Å². The van der Waals surface area contributed by atoms with Crippen LogP contribution in [0.1, 0.15) is 37.7 Å². The number of piperidine rings is 2. The molecule has 3 rings (SSSR count). The Labute approximate surface area is 163 Å². The number of amides is 1. The van der Waals surface area contributed by atoms with Crippen molar-refractivity contribution in [2.24, 2.45) is 11.8 Å². The van der Waals surface area contributed by atoms with E-state index in [0.29, 0.717) is 31.5 Å². The van der Waals surface area contributed by atoms with Crippen molar-refractivity contribution in [3.8, 4) is 0 Å². The van der Waals surface area contributed by atoms with E-state index in [-0.39, 0.29) is 5.91 Å². The van der Waals surface area contributed by atoms with Crippen LogP contribution in [-0.4, -0.2) is 56.7 Å². The molecule has 2 N–H and O–H groups in total. The Balaban J connectivity index is 1.38. The van der Waals surface area contributed by atoms with E-state index in [1.807, 2.05) is 0 Å². The molecule has 1 amide bonds. The van der Waals surface area contributed by atoms with Crippen LogP contribution in [0.5, 0.6) is 0 Å². The van der Waals surface area contributed by atoms with Crippen molar-refractivity contribution in [3.05, 3.63) is 35.9 Å². The molecule has 2 aliphatic heterocycles. The zero-order valence-electron chi connectivity index (χ0n) is 16.7. The summed E-state index contributed by atoms with van der Waals surface area (Å²) in [5, 5.41) is 6.75. The maximum Gasteiger partial charge on any atom is 0.219 e.